The molecular formula is C23H22F3NO3. The first-order valence-electron chi connectivity index (χ1n) is 9.68. The largest absolute Gasteiger partial charge is 0.487 e. The van der Waals surface area contributed by atoms with Gasteiger partial charge in [0.05, 0.1) is 5.56 Å². The van der Waals surface area contributed by atoms with E-state index in [1.807, 2.05) is 6.92 Å². The molecule has 158 valence electrons. The van der Waals surface area contributed by atoms with Gasteiger partial charge in [0.2, 0.25) is 5.89 Å². The predicted octanol–water partition coefficient (Wildman–Crippen LogP) is 6.62. The smallest absolute Gasteiger partial charge is 0.416 e. The number of rotatable bonds is 8. The number of benzene rings is 2. The summed E-state index contributed by atoms with van der Waals surface area (Å²) in [5, 5.41) is 0. The van der Waals surface area contributed by atoms with Crippen molar-refractivity contribution < 1.29 is 27.1 Å². The quantitative estimate of drug-likeness (QED) is 0.387. The number of ether oxygens (including phenoxy) is 1. The number of carbonyl (C=O) groups is 1. The van der Waals surface area contributed by atoms with Gasteiger partial charge in [-0.1, -0.05) is 25.5 Å². The van der Waals surface area contributed by atoms with Gasteiger partial charge in [0, 0.05) is 17.5 Å². The fourth-order valence-electron chi connectivity index (χ4n) is 2.88. The Kier molecular flexibility index (Phi) is 6.59. The van der Waals surface area contributed by atoms with E-state index in [2.05, 4.69) is 4.98 Å². The molecule has 0 fully saturated rings. The third-order valence-electron chi connectivity index (χ3n) is 4.64. The summed E-state index contributed by atoms with van der Waals surface area (Å²) in [6.45, 7) is 3.86. The molecule has 0 saturated carbocycles. The van der Waals surface area contributed by atoms with E-state index in [0.717, 1.165) is 25.0 Å². The van der Waals surface area contributed by atoms with Crippen LogP contribution in [0, 0.1) is 6.92 Å². The van der Waals surface area contributed by atoms with Crippen LogP contribution in [-0.4, -0.2) is 10.8 Å². The van der Waals surface area contributed by atoms with Gasteiger partial charge >= 0.3 is 6.18 Å². The standard InChI is InChI=1S/C23H22F3NO3/c1-3-4-8-21(28)17-6-5-7-19(13-17)29-14-20-15(2)30-22(27-20)16-9-11-18(12-10-16)23(24,25)26/h5-7,9-13H,3-4,8,14H2,1-2H3. The van der Waals surface area contributed by atoms with Crippen molar-refractivity contribution in [3.8, 4) is 17.2 Å². The van der Waals surface area contributed by atoms with Crippen molar-refractivity contribution in [3.05, 3.63) is 71.1 Å². The lowest BCUT2D eigenvalue weighted by molar-refractivity contribution is -0.137. The first-order chi connectivity index (χ1) is 14.3. The maximum Gasteiger partial charge on any atom is 0.416 e. The highest BCUT2D eigenvalue weighted by atomic mass is 19.4. The van der Waals surface area contributed by atoms with Gasteiger partial charge in [-0.2, -0.15) is 13.2 Å². The lowest BCUT2D eigenvalue weighted by Crippen LogP contribution is -2.04. The Labute approximate surface area is 172 Å². The second kappa shape index (κ2) is 9.15. The summed E-state index contributed by atoms with van der Waals surface area (Å²) < 4.78 is 49.5. The Morgan fingerprint density at radius 1 is 1.13 bits per heavy atom. The van der Waals surface area contributed by atoms with E-state index in [4.69, 9.17) is 9.15 Å². The molecule has 7 heteroatoms. The van der Waals surface area contributed by atoms with Crippen LogP contribution in [0.5, 0.6) is 5.75 Å². The molecule has 0 aliphatic rings. The molecule has 0 aliphatic heterocycles. The third-order valence-corrected chi connectivity index (χ3v) is 4.64. The van der Waals surface area contributed by atoms with E-state index in [-0.39, 0.29) is 18.3 Å². The summed E-state index contributed by atoms with van der Waals surface area (Å²) in [6, 6.07) is 11.6. The van der Waals surface area contributed by atoms with Crippen LogP contribution < -0.4 is 4.74 Å². The summed E-state index contributed by atoms with van der Waals surface area (Å²) in [6.07, 6.45) is -2.10. The van der Waals surface area contributed by atoms with Crippen molar-refractivity contribution in [1.82, 2.24) is 4.98 Å². The maximum atomic E-state index is 12.7. The number of Topliss-reactive ketones (excluding diaryl/α,β-unsaturated/α-hetero) is 1. The normalized spacial score (nSPS) is 11.5. The molecule has 0 saturated heterocycles. The SMILES string of the molecule is CCCCC(=O)c1cccc(OCc2nc(-c3ccc(C(F)(F)F)cc3)oc2C)c1. The van der Waals surface area contributed by atoms with E-state index >= 15 is 0 Å². The molecule has 0 N–H and O–H groups in total. The third kappa shape index (κ3) is 5.28. The maximum absolute atomic E-state index is 12.7. The second-order valence-corrected chi connectivity index (χ2v) is 6.94. The Morgan fingerprint density at radius 2 is 1.87 bits per heavy atom. The van der Waals surface area contributed by atoms with Gasteiger partial charge in [0.25, 0.3) is 0 Å². The molecule has 0 aliphatic carbocycles. The minimum atomic E-state index is -4.39. The second-order valence-electron chi connectivity index (χ2n) is 6.94. The average molecular weight is 417 g/mol. The van der Waals surface area contributed by atoms with Crippen molar-refractivity contribution in [1.29, 1.82) is 0 Å². The Morgan fingerprint density at radius 3 is 2.53 bits per heavy atom. The van der Waals surface area contributed by atoms with E-state index < -0.39 is 11.7 Å². The minimum absolute atomic E-state index is 0.0736. The van der Waals surface area contributed by atoms with Crippen LogP contribution >= 0.6 is 0 Å². The first-order valence-corrected chi connectivity index (χ1v) is 9.68. The van der Waals surface area contributed by atoms with E-state index in [9.17, 15) is 18.0 Å². The van der Waals surface area contributed by atoms with Crippen molar-refractivity contribution in [2.45, 2.75) is 45.9 Å². The van der Waals surface area contributed by atoms with Crippen molar-refractivity contribution in [3.63, 3.8) is 0 Å². The predicted molar refractivity (Wildman–Crippen MR) is 106 cm³/mol. The number of aryl methyl sites for hydroxylation is 1. The zero-order chi connectivity index (χ0) is 21.7. The fourth-order valence-corrected chi connectivity index (χ4v) is 2.88. The molecule has 0 bridgehead atoms. The molecule has 0 radical (unpaired) electrons. The number of unbranched alkanes of at least 4 members (excludes halogenated alkanes) is 1. The molecule has 0 amide bonds. The number of aromatic nitrogens is 1. The van der Waals surface area contributed by atoms with Gasteiger partial charge in [-0.05, 0) is 49.7 Å². The molecule has 4 nitrogen and oxygen atoms in total. The Hall–Kier alpha value is -3.09. The lowest BCUT2D eigenvalue weighted by Gasteiger charge is -2.07. The topological polar surface area (TPSA) is 52.3 Å². The Balaban J connectivity index is 1.69. The zero-order valence-electron chi connectivity index (χ0n) is 16.8. The van der Waals surface area contributed by atoms with Crippen LogP contribution in [-0.2, 0) is 12.8 Å². The number of halogens is 3. The van der Waals surface area contributed by atoms with Crippen LogP contribution in [0.15, 0.2) is 52.9 Å². The molecule has 2 aromatic carbocycles. The van der Waals surface area contributed by atoms with Crippen molar-refractivity contribution in [2.24, 2.45) is 0 Å². The summed E-state index contributed by atoms with van der Waals surface area (Å²) in [5.41, 5.74) is 0.850. The minimum Gasteiger partial charge on any atom is -0.487 e. The summed E-state index contributed by atoms with van der Waals surface area (Å²) in [5.74, 6) is 1.35. The highest BCUT2D eigenvalue weighted by molar-refractivity contribution is 5.96. The van der Waals surface area contributed by atoms with Gasteiger partial charge in [-0.15, -0.1) is 0 Å². The molecule has 0 spiro atoms. The average Bonchev–Trinajstić information content (AvgIpc) is 3.10. The first kappa shape index (κ1) is 21.6. The molecule has 3 aromatic rings. The highest BCUT2D eigenvalue weighted by Crippen LogP contribution is 2.31. The number of alkyl halides is 3. The number of carbonyl (C=O) groups excluding carboxylic acids is 1. The van der Waals surface area contributed by atoms with Crippen LogP contribution in [0.3, 0.4) is 0 Å². The zero-order valence-corrected chi connectivity index (χ0v) is 16.8. The summed E-state index contributed by atoms with van der Waals surface area (Å²) in [7, 11) is 0. The fraction of sp³-hybridized carbons (Fsp3) is 0.304. The van der Waals surface area contributed by atoms with Crippen molar-refractivity contribution >= 4 is 5.78 Å². The van der Waals surface area contributed by atoms with Crippen LogP contribution in [0.2, 0.25) is 0 Å². The summed E-state index contributed by atoms with van der Waals surface area (Å²) in [4.78, 5) is 16.5. The number of hydrogen-bond acceptors (Lipinski definition) is 4. The van der Waals surface area contributed by atoms with Gasteiger partial charge < -0.3 is 9.15 Å². The van der Waals surface area contributed by atoms with Gasteiger partial charge in [0.15, 0.2) is 5.78 Å². The number of oxazole rings is 1. The van der Waals surface area contributed by atoms with Gasteiger partial charge in [-0.3, -0.25) is 4.79 Å². The molecule has 1 heterocycles. The van der Waals surface area contributed by atoms with Gasteiger partial charge in [-0.25, -0.2) is 4.98 Å². The van der Waals surface area contributed by atoms with Crippen molar-refractivity contribution in [2.75, 3.05) is 0 Å². The van der Waals surface area contributed by atoms with E-state index in [1.54, 1.807) is 31.2 Å². The Bertz CT molecular complexity index is 1010. The molecule has 1 aromatic heterocycles. The molecule has 0 atom stereocenters. The molecule has 30 heavy (non-hydrogen) atoms. The number of hydrogen-bond donors (Lipinski definition) is 0. The monoisotopic (exact) mass is 417 g/mol. The lowest BCUT2D eigenvalue weighted by atomic mass is 10.1. The molecular weight excluding hydrogens is 395 g/mol. The van der Waals surface area contributed by atoms with Crippen LogP contribution in [0.4, 0.5) is 13.2 Å². The van der Waals surface area contributed by atoms with E-state index in [0.29, 0.717) is 34.8 Å². The van der Waals surface area contributed by atoms with E-state index in [1.165, 1.54) is 12.1 Å². The number of nitrogens with zero attached hydrogens (tertiary/aromatic N) is 1. The molecule has 0 unspecified atom stereocenters. The molecule has 3 rings (SSSR count). The number of ketones is 1. The highest BCUT2D eigenvalue weighted by Gasteiger charge is 2.30. The van der Waals surface area contributed by atoms with Crippen LogP contribution in [0.1, 0.15) is 53.6 Å². The van der Waals surface area contributed by atoms with Crippen LogP contribution in [0.25, 0.3) is 11.5 Å². The summed E-state index contributed by atoms with van der Waals surface area (Å²) >= 11 is 0. The van der Waals surface area contributed by atoms with Gasteiger partial charge in [0.1, 0.15) is 23.8 Å².